The number of nitrogen functional groups attached to an aromatic ring is 1. The molecule has 174 valence electrons. The van der Waals surface area contributed by atoms with Gasteiger partial charge in [0.05, 0.1) is 12.3 Å². The number of nitrogens with one attached hydrogen (secondary N) is 1. The SMILES string of the molecule is CCCOc1ccc(-c2c(C(=O)N/N=C(/C)c3ccc(Cl)cc3)nnn2-c2nonc2N)cc1. The Kier molecular flexibility index (Phi) is 6.83. The van der Waals surface area contributed by atoms with Crippen LogP contribution < -0.4 is 15.9 Å². The van der Waals surface area contributed by atoms with Crippen LogP contribution in [0.25, 0.3) is 17.1 Å². The number of amides is 1. The van der Waals surface area contributed by atoms with Crippen LogP contribution in [-0.2, 0) is 0 Å². The summed E-state index contributed by atoms with van der Waals surface area (Å²) in [5, 5.41) is 20.2. The number of carbonyl (C=O) groups excluding carboxylic acids is 1. The zero-order valence-corrected chi connectivity index (χ0v) is 19.2. The number of anilines is 1. The Balaban J connectivity index is 1.67. The molecule has 0 aliphatic heterocycles. The quantitative estimate of drug-likeness (QED) is 0.287. The standard InChI is InChI=1S/C22H21ClN8O3/c1-3-12-33-17-10-6-15(7-11-17)19-18(26-30-31(19)21-20(24)28-34-29-21)22(32)27-25-13(2)14-4-8-16(23)9-5-14/h4-11H,3,12H2,1-2H3,(H2,24,28)(H,27,32)/b25-13-. The number of halogens is 1. The molecular formula is C22H21ClN8O3. The van der Waals surface area contributed by atoms with E-state index in [0.717, 1.165) is 12.0 Å². The molecule has 2 heterocycles. The number of hydrogen-bond acceptors (Lipinski definition) is 9. The third-order valence-corrected chi connectivity index (χ3v) is 5.02. The molecule has 12 heteroatoms. The summed E-state index contributed by atoms with van der Waals surface area (Å²) >= 11 is 5.93. The number of aromatic nitrogens is 5. The summed E-state index contributed by atoms with van der Waals surface area (Å²) < 4.78 is 11.6. The zero-order chi connectivity index (χ0) is 24.1. The van der Waals surface area contributed by atoms with Crippen molar-refractivity contribution < 1.29 is 14.2 Å². The first-order valence-electron chi connectivity index (χ1n) is 10.4. The number of rotatable bonds is 8. The van der Waals surface area contributed by atoms with Gasteiger partial charge >= 0.3 is 0 Å². The van der Waals surface area contributed by atoms with Crippen molar-refractivity contribution in [2.75, 3.05) is 12.3 Å². The van der Waals surface area contributed by atoms with Gasteiger partial charge in [0.2, 0.25) is 11.6 Å². The Morgan fingerprint density at radius 2 is 1.91 bits per heavy atom. The lowest BCUT2D eigenvalue weighted by molar-refractivity contribution is 0.0950. The normalized spacial score (nSPS) is 11.4. The highest BCUT2D eigenvalue weighted by Crippen LogP contribution is 2.28. The highest BCUT2D eigenvalue weighted by Gasteiger charge is 2.25. The van der Waals surface area contributed by atoms with E-state index in [0.29, 0.717) is 34.3 Å². The summed E-state index contributed by atoms with van der Waals surface area (Å²) in [6.07, 6.45) is 0.886. The van der Waals surface area contributed by atoms with E-state index in [-0.39, 0.29) is 17.3 Å². The molecule has 3 N–H and O–H groups in total. The van der Waals surface area contributed by atoms with Gasteiger partial charge in [-0.3, -0.25) is 4.79 Å². The Bertz CT molecular complexity index is 1310. The number of nitrogens with two attached hydrogens (primary N) is 1. The number of nitrogens with zero attached hydrogens (tertiary/aromatic N) is 6. The number of ether oxygens (including phenoxy) is 1. The molecule has 0 aliphatic carbocycles. The van der Waals surface area contributed by atoms with Gasteiger partial charge in [0.1, 0.15) is 11.4 Å². The van der Waals surface area contributed by atoms with E-state index >= 15 is 0 Å². The Morgan fingerprint density at radius 3 is 2.56 bits per heavy atom. The van der Waals surface area contributed by atoms with E-state index in [1.807, 2.05) is 6.92 Å². The summed E-state index contributed by atoms with van der Waals surface area (Å²) in [5.41, 5.74) is 10.7. The molecule has 0 unspecified atom stereocenters. The molecule has 0 bridgehead atoms. The van der Waals surface area contributed by atoms with Crippen molar-refractivity contribution in [3.63, 3.8) is 0 Å². The van der Waals surface area contributed by atoms with Crippen LogP contribution in [0.5, 0.6) is 5.75 Å². The first-order chi connectivity index (χ1) is 16.5. The lowest BCUT2D eigenvalue weighted by Gasteiger charge is -2.08. The highest BCUT2D eigenvalue weighted by molar-refractivity contribution is 6.30. The molecule has 4 rings (SSSR count). The molecule has 0 fully saturated rings. The molecule has 34 heavy (non-hydrogen) atoms. The minimum atomic E-state index is -0.573. The van der Waals surface area contributed by atoms with Crippen molar-refractivity contribution in [2.24, 2.45) is 5.10 Å². The Morgan fingerprint density at radius 1 is 1.18 bits per heavy atom. The lowest BCUT2D eigenvalue weighted by Crippen LogP contribution is -2.21. The summed E-state index contributed by atoms with van der Waals surface area (Å²) in [5.74, 6) is 0.226. The molecule has 2 aromatic heterocycles. The van der Waals surface area contributed by atoms with Crippen molar-refractivity contribution in [1.82, 2.24) is 30.7 Å². The van der Waals surface area contributed by atoms with Crippen LogP contribution in [0.3, 0.4) is 0 Å². The summed E-state index contributed by atoms with van der Waals surface area (Å²) in [4.78, 5) is 13.0. The average molecular weight is 481 g/mol. The van der Waals surface area contributed by atoms with Gasteiger partial charge in [0.25, 0.3) is 5.91 Å². The minimum absolute atomic E-state index is 0.00221. The first-order valence-corrected chi connectivity index (χ1v) is 10.7. The van der Waals surface area contributed by atoms with Crippen LogP contribution in [0.4, 0.5) is 5.82 Å². The van der Waals surface area contributed by atoms with E-state index in [2.05, 4.69) is 31.2 Å². The molecule has 11 nitrogen and oxygen atoms in total. The van der Waals surface area contributed by atoms with Crippen molar-refractivity contribution in [1.29, 1.82) is 0 Å². The molecule has 2 aromatic carbocycles. The van der Waals surface area contributed by atoms with Crippen LogP contribution in [-0.4, -0.2) is 43.5 Å². The molecule has 4 aromatic rings. The fourth-order valence-corrected chi connectivity index (χ4v) is 3.18. The van der Waals surface area contributed by atoms with Gasteiger partial charge in [-0.1, -0.05) is 35.9 Å². The van der Waals surface area contributed by atoms with E-state index in [9.17, 15) is 4.79 Å². The summed E-state index contributed by atoms with van der Waals surface area (Å²) in [6, 6.07) is 14.2. The Labute approximate surface area is 199 Å². The molecule has 0 spiro atoms. The van der Waals surface area contributed by atoms with Crippen molar-refractivity contribution in [3.8, 4) is 22.8 Å². The molecule has 1 amide bonds. The third kappa shape index (κ3) is 4.89. The van der Waals surface area contributed by atoms with Gasteiger partial charge in [-0.05, 0) is 65.6 Å². The van der Waals surface area contributed by atoms with Gasteiger partial charge in [-0.15, -0.1) is 5.10 Å². The van der Waals surface area contributed by atoms with Crippen molar-refractivity contribution in [2.45, 2.75) is 20.3 Å². The predicted octanol–water partition coefficient (Wildman–Crippen LogP) is 3.50. The molecule has 0 radical (unpaired) electrons. The van der Waals surface area contributed by atoms with E-state index in [4.69, 9.17) is 26.7 Å². The maximum Gasteiger partial charge on any atom is 0.294 e. The molecule has 0 aliphatic rings. The van der Waals surface area contributed by atoms with Crippen molar-refractivity contribution in [3.05, 3.63) is 64.8 Å². The number of carbonyl (C=O) groups is 1. The van der Waals surface area contributed by atoms with Crippen LogP contribution in [0, 0.1) is 0 Å². The second-order valence-corrected chi connectivity index (χ2v) is 7.63. The predicted molar refractivity (Wildman–Crippen MR) is 126 cm³/mol. The monoisotopic (exact) mass is 480 g/mol. The maximum absolute atomic E-state index is 13.0. The number of benzene rings is 2. The minimum Gasteiger partial charge on any atom is -0.494 e. The van der Waals surface area contributed by atoms with Gasteiger partial charge in [0, 0.05) is 10.6 Å². The van der Waals surface area contributed by atoms with E-state index < -0.39 is 5.91 Å². The molecule has 0 saturated carbocycles. The van der Waals surface area contributed by atoms with Crippen LogP contribution >= 0.6 is 11.6 Å². The van der Waals surface area contributed by atoms with Crippen LogP contribution in [0.15, 0.2) is 58.3 Å². The molecular weight excluding hydrogens is 460 g/mol. The van der Waals surface area contributed by atoms with E-state index in [1.165, 1.54) is 4.68 Å². The van der Waals surface area contributed by atoms with Gasteiger partial charge in [-0.2, -0.15) is 9.78 Å². The van der Waals surface area contributed by atoms with Crippen LogP contribution in [0.1, 0.15) is 36.3 Å². The largest absolute Gasteiger partial charge is 0.494 e. The van der Waals surface area contributed by atoms with E-state index in [1.54, 1.807) is 55.5 Å². The fraction of sp³-hybridized carbons (Fsp3) is 0.182. The number of hydrogen-bond donors (Lipinski definition) is 2. The third-order valence-electron chi connectivity index (χ3n) is 4.77. The topological polar surface area (TPSA) is 146 Å². The zero-order valence-electron chi connectivity index (χ0n) is 18.4. The lowest BCUT2D eigenvalue weighted by atomic mass is 10.1. The van der Waals surface area contributed by atoms with Gasteiger partial charge < -0.3 is 10.5 Å². The Hall–Kier alpha value is -4.25. The van der Waals surface area contributed by atoms with Gasteiger partial charge in [-0.25, -0.2) is 10.1 Å². The average Bonchev–Trinajstić information content (AvgIpc) is 3.47. The second-order valence-electron chi connectivity index (χ2n) is 7.19. The number of hydrazone groups is 1. The molecule has 0 saturated heterocycles. The highest BCUT2D eigenvalue weighted by atomic mass is 35.5. The smallest absolute Gasteiger partial charge is 0.294 e. The van der Waals surface area contributed by atoms with Gasteiger partial charge in [0.15, 0.2) is 5.69 Å². The fourth-order valence-electron chi connectivity index (χ4n) is 3.05. The van der Waals surface area contributed by atoms with Crippen molar-refractivity contribution >= 4 is 29.0 Å². The summed E-state index contributed by atoms with van der Waals surface area (Å²) in [6.45, 7) is 4.38. The first kappa shape index (κ1) is 22.9. The maximum atomic E-state index is 13.0. The molecule has 0 atom stereocenters. The van der Waals surface area contributed by atoms with Crippen LogP contribution in [0.2, 0.25) is 5.02 Å². The second kappa shape index (κ2) is 10.1. The summed E-state index contributed by atoms with van der Waals surface area (Å²) in [7, 11) is 0.